The van der Waals surface area contributed by atoms with Gasteiger partial charge in [0, 0.05) is 37.8 Å². The van der Waals surface area contributed by atoms with Crippen molar-refractivity contribution in [3.05, 3.63) is 35.7 Å². The Morgan fingerprint density at radius 2 is 1.87 bits per heavy atom. The minimum absolute atomic E-state index is 0.0718. The van der Waals surface area contributed by atoms with Crippen molar-refractivity contribution in [3.63, 3.8) is 0 Å². The highest BCUT2D eigenvalue weighted by Gasteiger charge is 2.35. The molecule has 1 aromatic heterocycles. The van der Waals surface area contributed by atoms with E-state index in [4.69, 9.17) is 4.74 Å². The molecule has 0 saturated carbocycles. The summed E-state index contributed by atoms with van der Waals surface area (Å²) in [7, 11) is 1.59. The van der Waals surface area contributed by atoms with Crippen LogP contribution in [0, 0.1) is 19.8 Å². The summed E-state index contributed by atoms with van der Waals surface area (Å²) in [6, 6.07) is 7.31. The summed E-state index contributed by atoms with van der Waals surface area (Å²) in [4.78, 5) is 38.5. The highest BCUT2D eigenvalue weighted by Crippen LogP contribution is 2.29. The normalized spacial score (nSPS) is 18.8. The fourth-order valence-electron chi connectivity index (χ4n) is 4.07. The first-order valence-corrected chi connectivity index (χ1v) is 10.3. The van der Waals surface area contributed by atoms with Crippen LogP contribution in [0.4, 0.5) is 17.3 Å². The van der Waals surface area contributed by atoms with Crippen molar-refractivity contribution >= 4 is 29.1 Å². The lowest BCUT2D eigenvalue weighted by molar-refractivity contribution is -0.122. The van der Waals surface area contributed by atoms with Crippen molar-refractivity contribution in [2.45, 2.75) is 33.1 Å². The van der Waals surface area contributed by atoms with Crippen LogP contribution in [0.1, 0.15) is 30.7 Å². The molecule has 3 heterocycles. The molecule has 2 aliphatic rings. The van der Waals surface area contributed by atoms with Gasteiger partial charge in [0.15, 0.2) is 0 Å². The molecule has 2 aliphatic heterocycles. The Labute approximate surface area is 176 Å². The summed E-state index contributed by atoms with van der Waals surface area (Å²) in [5.41, 5.74) is 2.86. The monoisotopic (exact) mass is 409 g/mol. The predicted octanol–water partition coefficient (Wildman–Crippen LogP) is 2.69. The second-order valence-electron chi connectivity index (χ2n) is 7.86. The van der Waals surface area contributed by atoms with Crippen LogP contribution in [-0.2, 0) is 9.59 Å². The van der Waals surface area contributed by atoms with E-state index in [1.54, 1.807) is 18.1 Å². The van der Waals surface area contributed by atoms with Gasteiger partial charge in [-0.25, -0.2) is 9.97 Å². The number of hydrogen-bond acceptors (Lipinski definition) is 6. The average Bonchev–Trinajstić information content (AvgIpc) is 3.40. The topological polar surface area (TPSA) is 87.7 Å². The van der Waals surface area contributed by atoms with Crippen molar-refractivity contribution in [3.8, 4) is 5.75 Å². The summed E-state index contributed by atoms with van der Waals surface area (Å²) in [5.74, 6) is 0.714. The maximum atomic E-state index is 12.9. The van der Waals surface area contributed by atoms with E-state index in [0.717, 1.165) is 49.0 Å². The maximum Gasteiger partial charge on any atom is 0.229 e. The molecule has 2 amide bonds. The van der Waals surface area contributed by atoms with Gasteiger partial charge in [-0.1, -0.05) is 6.07 Å². The quantitative estimate of drug-likeness (QED) is 0.817. The van der Waals surface area contributed by atoms with Crippen LogP contribution in [0.3, 0.4) is 0 Å². The summed E-state index contributed by atoms with van der Waals surface area (Å²) in [5, 5.41) is 2.97. The number of nitrogens with one attached hydrogen (secondary N) is 1. The largest absolute Gasteiger partial charge is 0.497 e. The second kappa shape index (κ2) is 8.30. The molecule has 30 heavy (non-hydrogen) atoms. The van der Waals surface area contributed by atoms with Crippen LogP contribution in [0.15, 0.2) is 24.3 Å². The molecule has 2 saturated heterocycles. The number of aryl methyl sites for hydroxylation is 2. The average molecular weight is 409 g/mol. The van der Waals surface area contributed by atoms with Crippen LogP contribution in [0.2, 0.25) is 0 Å². The standard InChI is InChI=1S/C22H27N5O3/c1-14-20(15(2)24-22(23-14)26-9-4-5-10-26)25-21(29)16-11-19(28)27(13-16)17-7-6-8-18(12-17)30-3/h6-8,12,16H,4-5,9-11,13H2,1-3H3,(H,25,29). The number of carbonyl (C=O) groups excluding carboxylic acids is 2. The highest BCUT2D eigenvalue weighted by atomic mass is 16.5. The number of benzene rings is 1. The van der Waals surface area contributed by atoms with Crippen LogP contribution in [-0.4, -0.2) is 48.5 Å². The predicted molar refractivity (Wildman–Crippen MR) is 115 cm³/mol. The molecule has 2 aromatic rings. The third-order valence-corrected chi connectivity index (χ3v) is 5.76. The molecule has 0 spiro atoms. The SMILES string of the molecule is COc1cccc(N2CC(C(=O)Nc3c(C)nc(N4CCCC4)nc3C)CC2=O)c1. The number of carbonyl (C=O) groups is 2. The molecule has 1 atom stereocenters. The first-order chi connectivity index (χ1) is 14.5. The van der Waals surface area contributed by atoms with Crippen molar-refractivity contribution in [1.29, 1.82) is 0 Å². The third-order valence-electron chi connectivity index (χ3n) is 5.76. The molecule has 1 unspecified atom stereocenters. The first kappa shape index (κ1) is 20.1. The number of aromatic nitrogens is 2. The van der Waals surface area contributed by atoms with Gasteiger partial charge in [0.1, 0.15) is 5.75 Å². The molecule has 4 rings (SSSR count). The van der Waals surface area contributed by atoms with Crippen molar-refractivity contribution in [2.24, 2.45) is 5.92 Å². The summed E-state index contributed by atoms with van der Waals surface area (Å²) in [6.45, 7) is 6.03. The van der Waals surface area contributed by atoms with Gasteiger partial charge in [-0.2, -0.15) is 0 Å². The number of methoxy groups -OCH3 is 1. The van der Waals surface area contributed by atoms with E-state index in [1.807, 2.05) is 32.0 Å². The van der Waals surface area contributed by atoms with Gasteiger partial charge in [0.25, 0.3) is 0 Å². The molecule has 1 aromatic carbocycles. The number of ether oxygens (including phenoxy) is 1. The Kier molecular flexibility index (Phi) is 5.57. The lowest BCUT2D eigenvalue weighted by Crippen LogP contribution is -2.29. The fraction of sp³-hybridized carbons (Fsp3) is 0.455. The Morgan fingerprint density at radius 3 is 2.53 bits per heavy atom. The van der Waals surface area contributed by atoms with Gasteiger partial charge in [-0.05, 0) is 38.8 Å². The number of nitrogens with zero attached hydrogens (tertiary/aromatic N) is 4. The van der Waals surface area contributed by atoms with Gasteiger partial charge in [-0.15, -0.1) is 0 Å². The van der Waals surface area contributed by atoms with E-state index < -0.39 is 5.92 Å². The van der Waals surface area contributed by atoms with E-state index >= 15 is 0 Å². The van der Waals surface area contributed by atoms with Gasteiger partial charge in [-0.3, -0.25) is 9.59 Å². The van der Waals surface area contributed by atoms with E-state index in [9.17, 15) is 9.59 Å². The van der Waals surface area contributed by atoms with Crippen LogP contribution in [0.25, 0.3) is 0 Å². The molecule has 8 heteroatoms. The maximum absolute atomic E-state index is 12.9. The third kappa shape index (κ3) is 3.94. The minimum Gasteiger partial charge on any atom is -0.497 e. The van der Waals surface area contributed by atoms with Gasteiger partial charge < -0.3 is 19.9 Å². The lowest BCUT2D eigenvalue weighted by Gasteiger charge is -2.20. The number of anilines is 3. The smallest absolute Gasteiger partial charge is 0.229 e. The summed E-state index contributed by atoms with van der Waals surface area (Å²) >= 11 is 0. The van der Waals surface area contributed by atoms with Crippen LogP contribution >= 0.6 is 0 Å². The molecule has 8 nitrogen and oxygen atoms in total. The molecule has 2 fully saturated rings. The highest BCUT2D eigenvalue weighted by molar-refractivity contribution is 6.03. The zero-order chi connectivity index (χ0) is 21.3. The van der Waals surface area contributed by atoms with E-state index in [-0.39, 0.29) is 18.2 Å². The fourth-order valence-corrected chi connectivity index (χ4v) is 4.07. The van der Waals surface area contributed by atoms with Crippen LogP contribution < -0.4 is 19.9 Å². The second-order valence-corrected chi connectivity index (χ2v) is 7.86. The van der Waals surface area contributed by atoms with Gasteiger partial charge >= 0.3 is 0 Å². The van der Waals surface area contributed by atoms with E-state index in [0.29, 0.717) is 18.0 Å². The minimum atomic E-state index is -0.430. The van der Waals surface area contributed by atoms with Crippen molar-refractivity contribution < 1.29 is 14.3 Å². The van der Waals surface area contributed by atoms with E-state index in [2.05, 4.69) is 20.2 Å². The van der Waals surface area contributed by atoms with Crippen molar-refractivity contribution in [1.82, 2.24) is 9.97 Å². The van der Waals surface area contributed by atoms with E-state index in [1.165, 1.54) is 0 Å². The number of amides is 2. The lowest BCUT2D eigenvalue weighted by atomic mass is 10.1. The van der Waals surface area contributed by atoms with Gasteiger partial charge in [0.2, 0.25) is 17.8 Å². The Balaban J connectivity index is 1.47. The molecular weight excluding hydrogens is 382 g/mol. The summed E-state index contributed by atoms with van der Waals surface area (Å²) < 4.78 is 5.24. The Hall–Kier alpha value is -3.16. The number of hydrogen-bond donors (Lipinski definition) is 1. The molecule has 0 bridgehead atoms. The van der Waals surface area contributed by atoms with Gasteiger partial charge in [0.05, 0.1) is 30.1 Å². The zero-order valence-electron chi connectivity index (χ0n) is 17.6. The zero-order valence-corrected chi connectivity index (χ0v) is 17.6. The molecule has 0 radical (unpaired) electrons. The molecule has 158 valence electrons. The van der Waals surface area contributed by atoms with Crippen molar-refractivity contribution in [2.75, 3.05) is 41.9 Å². The molecule has 1 N–H and O–H groups in total. The Morgan fingerprint density at radius 1 is 1.17 bits per heavy atom. The number of rotatable bonds is 5. The summed E-state index contributed by atoms with van der Waals surface area (Å²) in [6.07, 6.45) is 2.48. The molecular formula is C22H27N5O3. The molecule has 0 aliphatic carbocycles. The Bertz CT molecular complexity index is 948. The first-order valence-electron chi connectivity index (χ1n) is 10.3. The van der Waals surface area contributed by atoms with Crippen LogP contribution in [0.5, 0.6) is 5.75 Å².